The Balaban J connectivity index is 2.10. The lowest BCUT2D eigenvalue weighted by atomic mass is 10.2. The van der Waals surface area contributed by atoms with Gasteiger partial charge >= 0.3 is 5.69 Å². The molecule has 2 N–H and O–H groups in total. The van der Waals surface area contributed by atoms with Crippen LogP contribution in [0.1, 0.15) is 5.56 Å². The Kier molecular flexibility index (Phi) is 3.80. The molecule has 0 saturated carbocycles. The van der Waals surface area contributed by atoms with Gasteiger partial charge in [-0.2, -0.15) is 5.10 Å². The van der Waals surface area contributed by atoms with Crippen molar-refractivity contribution in [3.63, 3.8) is 0 Å². The van der Waals surface area contributed by atoms with Gasteiger partial charge in [0.1, 0.15) is 5.75 Å². The van der Waals surface area contributed by atoms with Gasteiger partial charge in [0, 0.05) is 0 Å². The molecule has 0 saturated heterocycles. The minimum absolute atomic E-state index is 0.165. The number of phenols is 1. The average Bonchev–Trinajstić information content (AvgIpc) is 2.50. The van der Waals surface area contributed by atoms with Crippen LogP contribution in [-0.2, 0) is 0 Å². The maximum atomic E-state index is 12.3. The molecule has 7 heteroatoms. The fourth-order valence-electron chi connectivity index (χ4n) is 1.99. The standard InChI is InChI=1S/C15H10IN3O3/c16-11-7-9(5-6-13(11)20)8-17-19-14(21)10-3-1-2-4-12(10)18-15(19)22/h1-8,20H,(H,18,22)/b17-8+. The third-order valence-corrected chi connectivity index (χ3v) is 3.94. The molecule has 6 nitrogen and oxygen atoms in total. The first-order chi connectivity index (χ1) is 10.6. The third kappa shape index (κ3) is 2.67. The Morgan fingerprint density at radius 1 is 1.18 bits per heavy atom. The van der Waals surface area contributed by atoms with Crippen molar-refractivity contribution in [1.29, 1.82) is 0 Å². The number of aromatic amines is 1. The topological polar surface area (TPSA) is 87.5 Å². The smallest absolute Gasteiger partial charge is 0.349 e. The van der Waals surface area contributed by atoms with Crippen LogP contribution in [-0.4, -0.2) is 21.0 Å². The number of aromatic nitrogens is 2. The van der Waals surface area contributed by atoms with E-state index in [1.807, 2.05) is 22.6 Å². The molecule has 0 aliphatic rings. The van der Waals surface area contributed by atoms with Crippen LogP contribution in [0.3, 0.4) is 0 Å². The van der Waals surface area contributed by atoms with Crippen LogP contribution in [0.4, 0.5) is 0 Å². The molecule has 110 valence electrons. The first-order valence-electron chi connectivity index (χ1n) is 6.33. The minimum atomic E-state index is -0.603. The number of aromatic hydroxyl groups is 1. The van der Waals surface area contributed by atoms with Crippen molar-refractivity contribution in [3.05, 3.63) is 72.4 Å². The predicted octanol–water partition coefficient (Wildman–Crippen LogP) is 1.88. The molecule has 1 aromatic heterocycles. The zero-order valence-corrected chi connectivity index (χ0v) is 13.3. The van der Waals surface area contributed by atoms with Gasteiger partial charge in [-0.15, -0.1) is 4.68 Å². The van der Waals surface area contributed by atoms with Crippen molar-refractivity contribution in [2.24, 2.45) is 5.10 Å². The highest BCUT2D eigenvalue weighted by molar-refractivity contribution is 14.1. The van der Waals surface area contributed by atoms with Crippen molar-refractivity contribution >= 4 is 39.7 Å². The second-order valence-electron chi connectivity index (χ2n) is 4.55. The Labute approximate surface area is 137 Å². The van der Waals surface area contributed by atoms with E-state index < -0.39 is 11.2 Å². The number of halogens is 1. The molecule has 3 rings (SSSR count). The van der Waals surface area contributed by atoms with Gasteiger partial charge in [0.15, 0.2) is 0 Å². The van der Waals surface area contributed by atoms with Crippen LogP contribution in [0, 0.1) is 3.57 Å². The number of H-pyrrole nitrogens is 1. The van der Waals surface area contributed by atoms with Gasteiger partial charge in [0.05, 0.1) is 20.7 Å². The summed E-state index contributed by atoms with van der Waals surface area (Å²) in [6, 6.07) is 11.6. The van der Waals surface area contributed by atoms with E-state index in [-0.39, 0.29) is 5.75 Å². The first kappa shape index (κ1) is 14.5. The second kappa shape index (κ2) is 5.76. The highest BCUT2D eigenvalue weighted by Gasteiger charge is 2.05. The SMILES string of the molecule is O=c1[nH]c2ccccc2c(=O)n1/N=C/c1ccc(O)c(I)c1. The number of nitrogens with zero attached hydrogens (tertiary/aromatic N) is 2. The van der Waals surface area contributed by atoms with Crippen LogP contribution in [0.15, 0.2) is 57.2 Å². The summed E-state index contributed by atoms with van der Waals surface area (Å²) in [5.74, 6) is 0.165. The number of nitrogens with one attached hydrogen (secondary N) is 1. The molecule has 0 fully saturated rings. The zero-order chi connectivity index (χ0) is 15.7. The maximum Gasteiger partial charge on any atom is 0.349 e. The van der Waals surface area contributed by atoms with Gasteiger partial charge in [-0.1, -0.05) is 12.1 Å². The van der Waals surface area contributed by atoms with Crippen LogP contribution in [0.2, 0.25) is 0 Å². The summed E-state index contributed by atoms with van der Waals surface area (Å²) in [5.41, 5.74) is 0.0577. The summed E-state index contributed by atoms with van der Waals surface area (Å²) in [6.07, 6.45) is 1.40. The number of benzene rings is 2. The highest BCUT2D eigenvalue weighted by Crippen LogP contribution is 2.19. The highest BCUT2D eigenvalue weighted by atomic mass is 127. The summed E-state index contributed by atoms with van der Waals surface area (Å²) in [6.45, 7) is 0. The summed E-state index contributed by atoms with van der Waals surface area (Å²) in [5, 5.41) is 13.8. The van der Waals surface area contributed by atoms with Crippen molar-refractivity contribution in [3.8, 4) is 5.75 Å². The summed E-state index contributed by atoms with van der Waals surface area (Å²) in [7, 11) is 0. The third-order valence-electron chi connectivity index (χ3n) is 3.08. The predicted molar refractivity (Wildman–Crippen MR) is 92.6 cm³/mol. The Hall–Kier alpha value is -2.42. The van der Waals surface area contributed by atoms with Crippen molar-refractivity contribution in [1.82, 2.24) is 9.66 Å². The number of fused-ring (bicyclic) bond motifs is 1. The van der Waals surface area contributed by atoms with Crippen LogP contribution >= 0.6 is 22.6 Å². The molecule has 0 aliphatic heterocycles. The monoisotopic (exact) mass is 407 g/mol. The van der Waals surface area contributed by atoms with E-state index in [4.69, 9.17) is 0 Å². The minimum Gasteiger partial charge on any atom is -0.507 e. The molecule has 1 heterocycles. The van der Waals surface area contributed by atoms with Gasteiger partial charge in [0.2, 0.25) is 0 Å². The van der Waals surface area contributed by atoms with E-state index in [1.54, 1.807) is 36.4 Å². The molecular formula is C15H10IN3O3. The van der Waals surface area contributed by atoms with E-state index in [9.17, 15) is 14.7 Å². The van der Waals surface area contributed by atoms with Crippen molar-refractivity contribution in [2.75, 3.05) is 0 Å². The Morgan fingerprint density at radius 3 is 2.73 bits per heavy atom. The zero-order valence-electron chi connectivity index (χ0n) is 11.2. The molecule has 0 spiro atoms. The molecule has 0 radical (unpaired) electrons. The van der Waals surface area contributed by atoms with Gasteiger partial charge in [0.25, 0.3) is 5.56 Å². The number of rotatable bonds is 2. The molecule has 0 amide bonds. The lowest BCUT2D eigenvalue weighted by molar-refractivity contribution is 0.471. The molecule has 22 heavy (non-hydrogen) atoms. The van der Waals surface area contributed by atoms with Gasteiger partial charge in [-0.05, 0) is 58.5 Å². The van der Waals surface area contributed by atoms with Gasteiger partial charge in [-0.3, -0.25) is 4.79 Å². The van der Waals surface area contributed by atoms with Crippen molar-refractivity contribution in [2.45, 2.75) is 0 Å². The quantitative estimate of drug-likeness (QED) is 0.503. The van der Waals surface area contributed by atoms with Crippen LogP contribution < -0.4 is 11.2 Å². The number of para-hydroxylation sites is 1. The Bertz CT molecular complexity index is 1000. The average molecular weight is 407 g/mol. The number of phenolic OH excluding ortho intramolecular Hbond substituents is 1. The van der Waals surface area contributed by atoms with E-state index in [0.717, 1.165) is 4.68 Å². The maximum absolute atomic E-state index is 12.3. The van der Waals surface area contributed by atoms with Gasteiger partial charge < -0.3 is 10.1 Å². The van der Waals surface area contributed by atoms with Crippen LogP contribution in [0.5, 0.6) is 5.75 Å². The van der Waals surface area contributed by atoms with E-state index in [0.29, 0.717) is 20.0 Å². The number of hydrogen-bond donors (Lipinski definition) is 2. The van der Waals surface area contributed by atoms with Crippen molar-refractivity contribution < 1.29 is 5.11 Å². The molecule has 2 aromatic carbocycles. The van der Waals surface area contributed by atoms with Gasteiger partial charge in [-0.25, -0.2) is 4.79 Å². The molecule has 3 aromatic rings. The lowest BCUT2D eigenvalue weighted by Gasteiger charge is -2.01. The van der Waals surface area contributed by atoms with E-state index in [2.05, 4.69) is 10.1 Å². The first-order valence-corrected chi connectivity index (χ1v) is 7.41. The largest absolute Gasteiger partial charge is 0.507 e. The Morgan fingerprint density at radius 2 is 1.95 bits per heavy atom. The van der Waals surface area contributed by atoms with E-state index >= 15 is 0 Å². The summed E-state index contributed by atoms with van der Waals surface area (Å²) < 4.78 is 1.43. The fraction of sp³-hybridized carbons (Fsp3) is 0. The molecule has 0 unspecified atom stereocenters. The summed E-state index contributed by atoms with van der Waals surface area (Å²) >= 11 is 1.98. The second-order valence-corrected chi connectivity index (χ2v) is 5.71. The van der Waals surface area contributed by atoms with E-state index in [1.165, 1.54) is 12.3 Å². The fourth-order valence-corrected chi connectivity index (χ4v) is 2.53. The molecular weight excluding hydrogens is 397 g/mol. The normalized spacial score (nSPS) is 11.3. The lowest BCUT2D eigenvalue weighted by Crippen LogP contribution is -2.32. The molecule has 0 aliphatic carbocycles. The summed E-state index contributed by atoms with van der Waals surface area (Å²) in [4.78, 5) is 26.8. The molecule has 0 atom stereocenters. The number of hydrogen-bond acceptors (Lipinski definition) is 4. The molecule has 0 bridgehead atoms. The van der Waals surface area contributed by atoms with Crippen LogP contribution in [0.25, 0.3) is 10.9 Å².